The molecule has 1 aliphatic carbocycles. The van der Waals surface area contributed by atoms with Crippen molar-refractivity contribution in [3.8, 4) is 12.1 Å². The van der Waals surface area contributed by atoms with Crippen molar-refractivity contribution in [2.45, 2.75) is 32.1 Å². The summed E-state index contributed by atoms with van der Waals surface area (Å²) in [6.07, 6.45) is 3.79. The predicted molar refractivity (Wildman–Crippen MR) is 47.9 cm³/mol. The molecule has 1 unspecified atom stereocenters. The fourth-order valence-electron chi connectivity index (χ4n) is 2.06. The van der Waals surface area contributed by atoms with Gasteiger partial charge in [-0.15, -0.1) is 0 Å². The average Bonchev–Trinajstić information content (AvgIpc) is 2.19. The van der Waals surface area contributed by atoms with Gasteiger partial charge in [0.15, 0.2) is 5.92 Å². The molecule has 4 nitrogen and oxygen atoms in total. The van der Waals surface area contributed by atoms with Gasteiger partial charge in [0.2, 0.25) is 0 Å². The highest BCUT2D eigenvalue weighted by Crippen LogP contribution is 2.41. The first-order valence-electron chi connectivity index (χ1n) is 4.70. The summed E-state index contributed by atoms with van der Waals surface area (Å²) < 4.78 is 0. The molecule has 0 aromatic heterocycles. The van der Waals surface area contributed by atoms with Gasteiger partial charge in [-0.2, -0.15) is 10.5 Å². The Hall–Kier alpha value is -1.55. The predicted octanol–water partition coefficient (Wildman–Crippen LogP) is 1.68. The van der Waals surface area contributed by atoms with Crippen molar-refractivity contribution in [1.29, 1.82) is 10.5 Å². The topological polar surface area (TPSA) is 84.9 Å². The first kappa shape index (κ1) is 10.5. The molecule has 0 radical (unpaired) electrons. The van der Waals surface area contributed by atoms with Gasteiger partial charge in [0.05, 0.1) is 17.6 Å². The van der Waals surface area contributed by atoms with E-state index in [0.717, 1.165) is 19.3 Å². The van der Waals surface area contributed by atoms with Crippen LogP contribution in [0.2, 0.25) is 0 Å². The molecule has 0 aromatic rings. The summed E-state index contributed by atoms with van der Waals surface area (Å²) in [5.74, 6) is -2.34. The van der Waals surface area contributed by atoms with Gasteiger partial charge >= 0.3 is 5.97 Å². The fraction of sp³-hybridized carbons (Fsp3) is 0.700. The quantitative estimate of drug-likeness (QED) is 0.721. The number of aliphatic carboxylic acids is 1. The van der Waals surface area contributed by atoms with Crippen LogP contribution >= 0.6 is 0 Å². The zero-order chi connectivity index (χ0) is 10.6. The Kier molecular flexibility index (Phi) is 3.09. The van der Waals surface area contributed by atoms with Crippen LogP contribution in [0.5, 0.6) is 0 Å². The van der Waals surface area contributed by atoms with Crippen LogP contribution in [-0.2, 0) is 4.79 Å². The summed E-state index contributed by atoms with van der Waals surface area (Å²) in [7, 11) is 0. The molecule has 1 rings (SSSR count). The smallest absolute Gasteiger partial charge is 0.322 e. The lowest BCUT2D eigenvalue weighted by Crippen LogP contribution is -2.35. The van der Waals surface area contributed by atoms with Crippen molar-refractivity contribution in [2.75, 3.05) is 0 Å². The molecule has 4 heteroatoms. The highest BCUT2D eigenvalue weighted by Gasteiger charge is 2.44. The van der Waals surface area contributed by atoms with E-state index in [-0.39, 0.29) is 0 Å². The van der Waals surface area contributed by atoms with E-state index in [4.69, 9.17) is 15.6 Å². The highest BCUT2D eigenvalue weighted by molar-refractivity contribution is 5.74. The van der Waals surface area contributed by atoms with Crippen molar-refractivity contribution >= 4 is 5.97 Å². The Bertz CT molecular complexity index is 305. The summed E-state index contributed by atoms with van der Waals surface area (Å²) in [6.45, 7) is 0. The molecule has 0 heterocycles. The Labute approximate surface area is 82.8 Å². The summed E-state index contributed by atoms with van der Waals surface area (Å²) in [5.41, 5.74) is -0.946. The average molecular weight is 192 g/mol. The van der Waals surface area contributed by atoms with Crippen LogP contribution < -0.4 is 0 Å². The third-order valence-corrected chi connectivity index (χ3v) is 2.90. The van der Waals surface area contributed by atoms with Gasteiger partial charge in [-0.05, 0) is 12.8 Å². The minimum atomic E-state index is -1.17. The first-order valence-corrected chi connectivity index (χ1v) is 4.70. The van der Waals surface area contributed by atoms with Crippen LogP contribution in [0.3, 0.4) is 0 Å². The molecule has 74 valence electrons. The summed E-state index contributed by atoms with van der Waals surface area (Å²) >= 11 is 0. The van der Waals surface area contributed by atoms with E-state index in [1.807, 2.05) is 6.07 Å². The third kappa shape index (κ3) is 1.70. The van der Waals surface area contributed by atoms with Crippen LogP contribution in [0.25, 0.3) is 0 Å². The molecule has 0 aromatic carbocycles. The largest absolute Gasteiger partial charge is 0.480 e. The molecule has 1 aliphatic rings. The second-order valence-corrected chi connectivity index (χ2v) is 3.73. The van der Waals surface area contributed by atoms with Crippen LogP contribution in [0.4, 0.5) is 0 Å². The number of carbonyl (C=O) groups is 1. The second kappa shape index (κ2) is 4.11. The van der Waals surface area contributed by atoms with Gasteiger partial charge in [0, 0.05) is 0 Å². The number of hydrogen-bond donors (Lipinski definition) is 1. The molecular formula is C10H12N2O2. The van der Waals surface area contributed by atoms with Crippen molar-refractivity contribution in [1.82, 2.24) is 0 Å². The van der Waals surface area contributed by atoms with E-state index in [1.54, 1.807) is 6.07 Å². The molecular weight excluding hydrogens is 180 g/mol. The van der Waals surface area contributed by atoms with Gasteiger partial charge in [-0.25, -0.2) is 0 Å². The molecule has 0 bridgehead atoms. The van der Waals surface area contributed by atoms with Crippen molar-refractivity contribution in [3.05, 3.63) is 0 Å². The number of carboxylic acids is 1. The number of nitriles is 2. The number of nitrogens with zero attached hydrogens (tertiary/aromatic N) is 2. The minimum Gasteiger partial charge on any atom is -0.480 e. The summed E-state index contributed by atoms with van der Waals surface area (Å²) in [5, 5.41) is 26.6. The maximum atomic E-state index is 10.8. The molecule has 14 heavy (non-hydrogen) atoms. The lowest BCUT2D eigenvalue weighted by Gasteiger charge is -2.32. The normalized spacial score (nSPS) is 21.6. The first-order chi connectivity index (χ1) is 6.66. The highest BCUT2D eigenvalue weighted by atomic mass is 16.4. The van der Waals surface area contributed by atoms with E-state index in [2.05, 4.69) is 0 Å². The SMILES string of the molecule is N#CC(C(=O)O)C1(C#N)CCCCC1. The van der Waals surface area contributed by atoms with Crippen LogP contribution in [0, 0.1) is 34.0 Å². The third-order valence-electron chi connectivity index (χ3n) is 2.90. The lowest BCUT2D eigenvalue weighted by molar-refractivity contribution is -0.143. The van der Waals surface area contributed by atoms with E-state index >= 15 is 0 Å². The monoisotopic (exact) mass is 192 g/mol. The van der Waals surface area contributed by atoms with Crippen molar-refractivity contribution in [3.63, 3.8) is 0 Å². The van der Waals surface area contributed by atoms with Crippen LogP contribution in [0.15, 0.2) is 0 Å². The molecule has 1 N–H and O–H groups in total. The van der Waals surface area contributed by atoms with E-state index < -0.39 is 17.3 Å². The molecule has 1 saturated carbocycles. The standard InChI is InChI=1S/C10H12N2O2/c11-6-8(9(13)14)10(7-12)4-2-1-3-5-10/h8H,1-5H2,(H,13,14). The molecule has 0 spiro atoms. The number of rotatable bonds is 2. The zero-order valence-electron chi connectivity index (χ0n) is 7.86. The minimum absolute atomic E-state index is 0.536. The molecule has 0 amide bonds. The van der Waals surface area contributed by atoms with Gasteiger partial charge in [0.1, 0.15) is 0 Å². The number of carboxylic acid groups (broad SMARTS) is 1. The molecule has 1 atom stereocenters. The Balaban J connectivity index is 2.94. The summed E-state index contributed by atoms with van der Waals surface area (Å²) in [6, 6.07) is 3.79. The van der Waals surface area contributed by atoms with Crippen LogP contribution in [0.1, 0.15) is 32.1 Å². The van der Waals surface area contributed by atoms with Gasteiger partial charge in [-0.1, -0.05) is 19.3 Å². The fourth-order valence-corrected chi connectivity index (χ4v) is 2.06. The number of hydrogen-bond acceptors (Lipinski definition) is 3. The Morgan fingerprint density at radius 1 is 1.29 bits per heavy atom. The summed E-state index contributed by atoms with van der Waals surface area (Å²) in [4.78, 5) is 10.8. The zero-order valence-corrected chi connectivity index (χ0v) is 7.86. The van der Waals surface area contributed by atoms with E-state index in [1.165, 1.54) is 0 Å². The van der Waals surface area contributed by atoms with Crippen LogP contribution in [-0.4, -0.2) is 11.1 Å². The van der Waals surface area contributed by atoms with Crippen molar-refractivity contribution < 1.29 is 9.90 Å². The maximum absolute atomic E-state index is 10.8. The molecule has 1 fully saturated rings. The van der Waals surface area contributed by atoms with E-state index in [9.17, 15) is 4.79 Å². The van der Waals surface area contributed by atoms with Gasteiger partial charge in [0.25, 0.3) is 0 Å². The Morgan fingerprint density at radius 3 is 2.21 bits per heavy atom. The van der Waals surface area contributed by atoms with Gasteiger partial charge in [-0.3, -0.25) is 4.79 Å². The van der Waals surface area contributed by atoms with Crippen molar-refractivity contribution in [2.24, 2.45) is 11.3 Å². The molecule has 0 aliphatic heterocycles. The molecule has 0 saturated heterocycles. The maximum Gasteiger partial charge on any atom is 0.322 e. The lowest BCUT2D eigenvalue weighted by atomic mass is 9.67. The van der Waals surface area contributed by atoms with E-state index in [0.29, 0.717) is 12.8 Å². The Morgan fingerprint density at radius 2 is 1.86 bits per heavy atom. The second-order valence-electron chi connectivity index (χ2n) is 3.73. The van der Waals surface area contributed by atoms with Gasteiger partial charge < -0.3 is 5.11 Å².